The van der Waals surface area contributed by atoms with E-state index >= 15 is 0 Å². The predicted molar refractivity (Wildman–Crippen MR) is 95.0 cm³/mol. The summed E-state index contributed by atoms with van der Waals surface area (Å²) in [7, 11) is 0. The summed E-state index contributed by atoms with van der Waals surface area (Å²) < 4.78 is 5.96. The Balaban J connectivity index is 1.94. The number of ether oxygens (including phenoxy) is 1. The van der Waals surface area contributed by atoms with E-state index in [1.54, 1.807) is 11.8 Å². The minimum Gasteiger partial charge on any atom is -0.488 e. The molecule has 1 fully saturated rings. The number of amides is 2. The van der Waals surface area contributed by atoms with Crippen LogP contribution in [0, 0.1) is 5.92 Å². The Bertz CT molecular complexity index is 552. The summed E-state index contributed by atoms with van der Waals surface area (Å²) in [6.07, 6.45) is 1.54. The molecule has 2 rings (SSSR count). The van der Waals surface area contributed by atoms with Crippen molar-refractivity contribution in [2.24, 2.45) is 5.92 Å². The molecule has 0 bridgehead atoms. The second-order valence-corrected chi connectivity index (χ2v) is 7.57. The lowest BCUT2D eigenvalue weighted by atomic mass is 9.94. The molecule has 2 atom stereocenters. The third-order valence-corrected chi connectivity index (χ3v) is 4.25. The lowest BCUT2D eigenvalue weighted by Crippen LogP contribution is -2.47. The van der Waals surface area contributed by atoms with Crippen LogP contribution in [-0.4, -0.2) is 40.8 Å². The number of aliphatic hydroxyl groups excluding tert-OH is 1. The van der Waals surface area contributed by atoms with Crippen LogP contribution in [0.2, 0.25) is 0 Å². The Kier molecular flexibility index (Phi) is 6.10. The molecule has 1 heterocycles. The molecular formula is C19H30N2O3. The molecule has 2 N–H and O–H groups in total. The van der Waals surface area contributed by atoms with E-state index < -0.39 is 0 Å². The van der Waals surface area contributed by atoms with Gasteiger partial charge in [0.05, 0.1) is 6.10 Å². The number of benzene rings is 1. The van der Waals surface area contributed by atoms with Gasteiger partial charge in [-0.15, -0.1) is 0 Å². The van der Waals surface area contributed by atoms with Gasteiger partial charge in [0.15, 0.2) is 0 Å². The monoisotopic (exact) mass is 334 g/mol. The molecule has 0 spiro atoms. The maximum atomic E-state index is 12.4. The first-order valence-electron chi connectivity index (χ1n) is 8.74. The molecule has 24 heavy (non-hydrogen) atoms. The third-order valence-electron chi connectivity index (χ3n) is 4.25. The highest BCUT2D eigenvalue weighted by Crippen LogP contribution is 2.23. The number of likely N-dealkylation sites (tertiary alicyclic amines) is 1. The van der Waals surface area contributed by atoms with Crippen LogP contribution in [0.5, 0.6) is 5.75 Å². The first-order chi connectivity index (χ1) is 11.3. The van der Waals surface area contributed by atoms with Crippen molar-refractivity contribution in [3.05, 3.63) is 29.8 Å². The van der Waals surface area contributed by atoms with Crippen LogP contribution in [0.25, 0.3) is 0 Å². The van der Waals surface area contributed by atoms with Gasteiger partial charge in [0, 0.05) is 31.1 Å². The smallest absolute Gasteiger partial charge is 0.317 e. The fourth-order valence-electron chi connectivity index (χ4n) is 2.95. The van der Waals surface area contributed by atoms with Crippen molar-refractivity contribution in [1.82, 2.24) is 10.2 Å². The van der Waals surface area contributed by atoms with E-state index in [0.29, 0.717) is 13.1 Å². The Hall–Kier alpha value is -1.75. The first kappa shape index (κ1) is 18.6. The van der Waals surface area contributed by atoms with Crippen molar-refractivity contribution in [2.45, 2.75) is 58.8 Å². The van der Waals surface area contributed by atoms with Crippen molar-refractivity contribution in [3.63, 3.8) is 0 Å². The zero-order chi connectivity index (χ0) is 17.7. The summed E-state index contributed by atoms with van der Waals surface area (Å²) in [5.74, 6) is 0.965. The number of nitrogens with one attached hydrogen (secondary N) is 1. The van der Waals surface area contributed by atoms with Crippen molar-refractivity contribution >= 4 is 6.03 Å². The van der Waals surface area contributed by atoms with Crippen LogP contribution < -0.4 is 10.1 Å². The summed E-state index contributed by atoms with van der Waals surface area (Å²) >= 11 is 0. The Labute approximate surface area is 145 Å². The molecule has 134 valence electrons. The highest BCUT2D eigenvalue weighted by Gasteiger charge is 2.26. The largest absolute Gasteiger partial charge is 0.488 e. The molecule has 0 radical (unpaired) electrons. The minimum atomic E-state index is -0.374. The number of nitrogens with zero attached hydrogens (tertiary/aromatic N) is 1. The molecule has 0 aromatic heterocycles. The quantitative estimate of drug-likeness (QED) is 0.889. The topological polar surface area (TPSA) is 61.8 Å². The number of piperidine rings is 1. The number of para-hydroxylation sites is 1. The Morgan fingerprint density at radius 1 is 1.42 bits per heavy atom. The number of aliphatic hydroxyl groups is 1. The lowest BCUT2D eigenvalue weighted by molar-refractivity contribution is 0.0738. The fraction of sp³-hybridized carbons (Fsp3) is 0.632. The van der Waals surface area contributed by atoms with Gasteiger partial charge in [0.25, 0.3) is 0 Å². The van der Waals surface area contributed by atoms with Gasteiger partial charge < -0.3 is 20.1 Å². The zero-order valence-corrected chi connectivity index (χ0v) is 15.2. The maximum Gasteiger partial charge on any atom is 0.317 e. The van der Waals surface area contributed by atoms with E-state index in [4.69, 9.17) is 4.74 Å². The standard InChI is InChI=1S/C19H30N2O3/c1-14(22)16-9-7-11-21(13-16)18(23)20-12-15-8-5-6-10-17(15)24-19(2,3)4/h5-6,8,10,14,16,22H,7,9,11-13H2,1-4H3,(H,20,23). The summed E-state index contributed by atoms with van der Waals surface area (Å²) in [6, 6.07) is 7.70. The molecule has 1 aliphatic rings. The molecule has 5 heteroatoms. The lowest BCUT2D eigenvalue weighted by Gasteiger charge is -2.34. The van der Waals surface area contributed by atoms with Crippen LogP contribution in [-0.2, 0) is 6.54 Å². The van der Waals surface area contributed by atoms with E-state index in [2.05, 4.69) is 5.32 Å². The summed E-state index contributed by atoms with van der Waals surface area (Å²) in [5, 5.41) is 12.7. The highest BCUT2D eigenvalue weighted by atomic mass is 16.5. The molecule has 1 aromatic rings. The van der Waals surface area contributed by atoms with Crippen molar-refractivity contribution in [2.75, 3.05) is 13.1 Å². The van der Waals surface area contributed by atoms with Crippen molar-refractivity contribution in [1.29, 1.82) is 0 Å². The summed E-state index contributed by atoms with van der Waals surface area (Å²) in [6.45, 7) is 9.61. The summed E-state index contributed by atoms with van der Waals surface area (Å²) in [4.78, 5) is 14.2. The van der Waals surface area contributed by atoms with E-state index in [1.807, 2.05) is 45.0 Å². The van der Waals surface area contributed by atoms with E-state index in [1.165, 1.54) is 0 Å². The zero-order valence-electron chi connectivity index (χ0n) is 15.2. The van der Waals surface area contributed by atoms with E-state index in [0.717, 1.165) is 30.7 Å². The van der Waals surface area contributed by atoms with Gasteiger partial charge >= 0.3 is 6.03 Å². The molecule has 1 aliphatic heterocycles. The SMILES string of the molecule is CC(O)C1CCCN(C(=O)NCc2ccccc2OC(C)(C)C)C1. The van der Waals surface area contributed by atoms with E-state index in [9.17, 15) is 9.90 Å². The normalized spacial score (nSPS) is 19.7. The molecule has 1 saturated heterocycles. The third kappa shape index (κ3) is 5.41. The molecule has 2 amide bonds. The maximum absolute atomic E-state index is 12.4. The van der Waals surface area contributed by atoms with Crippen LogP contribution in [0.3, 0.4) is 0 Å². The number of hydrogen-bond donors (Lipinski definition) is 2. The number of hydrogen-bond acceptors (Lipinski definition) is 3. The second kappa shape index (κ2) is 7.88. The van der Waals surface area contributed by atoms with Gasteiger partial charge in [-0.2, -0.15) is 0 Å². The number of urea groups is 1. The Morgan fingerprint density at radius 3 is 2.79 bits per heavy atom. The number of carbonyl (C=O) groups excluding carboxylic acids is 1. The van der Waals surface area contributed by atoms with Gasteiger partial charge in [0.1, 0.15) is 11.4 Å². The number of carbonyl (C=O) groups is 1. The average Bonchev–Trinajstić information content (AvgIpc) is 2.52. The minimum absolute atomic E-state index is 0.0779. The first-order valence-corrected chi connectivity index (χ1v) is 8.74. The van der Waals surface area contributed by atoms with Gasteiger partial charge in [0.2, 0.25) is 0 Å². The molecule has 0 saturated carbocycles. The highest BCUT2D eigenvalue weighted by molar-refractivity contribution is 5.74. The fourth-order valence-corrected chi connectivity index (χ4v) is 2.95. The van der Waals surface area contributed by atoms with Crippen LogP contribution >= 0.6 is 0 Å². The number of rotatable bonds is 4. The van der Waals surface area contributed by atoms with E-state index in [-0.39, 0.29) is 23.7 Å². The van der Waals surface area contributed by atoms with Gasteiger partial charge in [-0.1, -0.05) is 18.2 Å². The van der Waals surface area contributed by atoms with Gasteiger partial charge in [-0.25, -0.2) is 4.79 Å². The molecular weight excluding hydrogens is 304 g/mol. The van der Waals surface area contributed by atoms with Crippen LogP contribution in [0.4, 0.5) is 4.79 Å². The summed E-state index contributed by atoms with van der Waals surface area (Å²) in [5.41, 5.74) is 0.683. The molecule has 5 nitrogen and oxygen atoms in total. The predicted octanol–water partition coefficient (Wildman–Crippen LogP) is 3.17. The van der Waals surface area contributed by atoms with Crippen molar-refractivity contribution < 1.29 is 14.6 Å². The average molecular weight is 334 g/mol. The molecule has 2 unspecified atom stereocenters. The van der Waals surface area contributed by atoms with Crippen molar-refractivity contribution in [3.8, 4) is 5.75 Å². The Morgan fingerprint density at radius 2 is 2.12 bits per heavy atom. The second-order valence-electron chi connectivity index (χ2n) is 7.57. The van der Waals surface area contributed by atoms with Crippen LogP contribution in [0.1, 0.15) is 46.1 Å². The van der Waals surface area contributed by atoms with Gasteiger partial charge in [-0.05, 0) is 46.6 Å². The van der Waals surface area contributed by atoms with Gasteiger partial charge in [-0.3, -0.25) is 0 Å². The van der Waals surface area contributed by atoms with Crippen LogP contribution in [0.15, 0.2) is 24.3 Å². The molecule has 1 aromatic carbocycles. The molecule has 0 aliphatic carbocycles.